The van der Waals surface area contributed by atoms with Gasteiger partial charge in [0.1, 0.15) is 0 Å². The Labute approximate surface area is 67.4 Å². The van der Waals surface area contributed by atoms with E-state index >= 15 is 0 Å². The van der Waals surface area contributed by atoms with Crippen molar-refractivity contribution in [1.29, 1.82) is 0 Å². The zero-order chi connectivity index (χ0) is 8.27. The van der Waals surface area contributed by atoms with Gasteiger partial charge in [-0.2, -0.15) is 0 Å². The molecule has 0 spiro atoms. The Balaban J connectivity index is 2.17. The molecule has 0 aromatic carbocycles. The van der Waals surface area contributed by atoms with Crippen molar-refractivity contribution < 1.29 is 4.79 Å². The van der Waals surface area contributed by atoms with Crippen molar-refractivity contribution in [2.24, 2.45) is 11.8 Å². The van der Waals surface area contributed by atoms with Crippen molar-refractivity contribution in [2.75, 3.05) is 6.54 Å². The summed E-state index contributed by atoms with van der Waals surface area (Å²) in [5.74, 6) is 3.46. The summed E-state index contributed by atoms with van der Waals surface area (Å²) in [5.41, 5.74) is 0. The monoisotopic (exact) mass is 151 g/mol. The maximum Gasteiger partial charge on any atom is 0.223 e. The summed E-state index contributed by atoms with van der Waals surface area (Å²) >= 11 is 0. The lowest BCUT2D eigenvalue weighted by molar-refractivity contribution is -0.128. The number of amides is 1. The first kappa shape index (κ1) is 8.13. The van der Waals surface area contributed by atoms with Crippen LogP contribution in [0.25, 0.3) is 0 Å². The lowest BCUT2D eigenvalue weighted by Gasteiger charge is -2.30. The van der Waals surface area contributed by atoms with E-state index < -0.39 is 0 Å². The van der Waals surface area contributed by atoms with Crippen molar-refractivity contribution >= 4 is 5.91 Å². The highest BCUT2D eigenvalue weighted by Gasteiger charge is 2.30. The standard InChI is InChI=1S/C9H13NO/c1-3-4-10-9(11)8-5-7(2)6-8/h1,7-8H,4-6H2,2H3,(H,10,11). The molecule has 0 saturated heterocycles. The molecule has 60 valence electrons. The predicted octanol–water partition coefficient (Wildman–Crippen LogP) is 0.782. The summed E-state index contributed by atoms with van der Waals surface area (Å²) in [7, 11) is 0. The first-order chi connectivity index (χ1) is 5.24. The summed E-state index contributed by atoms with van der Waals surface area (Å²) in [5, 5.41) is 2.68. The van der Waals surface area contributed by atoms with E-state index in [0.29, 0.717) is 6.54 Å². The Morgan fingerprint density at radius 3 is 2.82 bits per heavy atom. The molecule has 0 aliphatic heterocycles. The second-order valence-corrected chi connectivity index (χ2v) is 3.20. The highest BCUT2D eigenvalue weighted by molar-refractivity contribution is 5.79. The van der Waals surface area contributed by atoms with Gasteiger partial charge in [-0.1, -0.05) is 12.8 Å². The highest BCUT2D eigenvalue weighted by atomic mass is 16.1. The van der Waals surface area contributed by atoms with Crippen LogP contribution < -0.4 is 5.32 Å². The van der Waals surface area contributed by atoms with E-state index in [-0.39, 0.29) is 11.8 Å². The van der Waals surface area contributed by atoms with Crippen LogP contribution in [0.5, 0.6) is 0 Å². The van der Waals surface area contributed by atoms with Crippen LogP contribution in [0.4, 0.5) is 0 Å². The molecule has 0 unspecified atom stereocenters. The van der Waals surface area contributed by atoms with E-state index in [9.17, 15) is 4.79 Å². The Bertz CT molecular complexity index is 186. The fourth-order valence-electron chi connectivity index (χ4n) is 1.40. The van der Waals surface area contributed by atoms with Crippen molar-refractivity contribution in [3.63, 3.8) is 0 Å². The Morgan fingerprint density at radius 1 is 1.73 bits per heavy atom. The molecular weight excluding hydrogens is 138 g/mol. The van der Waals surface area contributed by atoms with Gasteiger partial charge >= 0.3 is 0 Å². The normalized spacial score (nSPS) is 28.4. The first-order valence-electron chi connectivity index (χ1n) is 3.95. The summed E-state index contributed by atoms with van der Waals surface area (Å²) in [6, 6.07) is 0. The molecule has 1 rings (SSSR count). The molecule has 2 nitrogen and oxygen atoms in total. The molecular formula is C9H13NO. The fraction of sp³-hybridized carbons (Fsp3) is 0.667. The molecule has 2 heteroatoms. The molecule has 11 heavy (non-hydrogen) atoms. The van der Waals surface area contributed by atoms with Gasteiger partial charge in [-0.05, 0) is 18.8 Å². The quantitative estimate of drug-likeness (QED) is 0.581. The van der Waals surface area contributed by atoms with E-state index in [1.54, 1.807) is 0 Å². The number of terminal acetylenes is 1. The van der Waals surface area contributed by atoms with Crippen molar-refractivity contribution in [2.45, 2.75) is 19.8 Å². The van der Waals surface area contributed by atoms with E-state index in [2.05, 4.69) is 18.2 Å². The average Bonchev–Trinajstić information content (AvgIpc) is 1.94. The largest absolute Gasteiger partial charge is 0.345 e. The molecule has 0 bridgehead atoms. The minimum atomic E-state index is 0.126. The minimum absolute atomic E-state index is 0.126. The molecule has 1 N–H and O–H groups in total. The highest BCUT2D eigenvalue weighted by Crippen LogP contribution is 2.32. The number of carbonyl (C=O) groups is 1. The maximum absolute atomic E-state index is 11.1. The Morgan fingerprint density at radius 2 is 2.36 bits per heavy atom. The fourth-order valence-corrected chi connectivity index (χ4v) is 1.40. The lowest BCUT2D eigenvalue weighted by atomic mass is 9.76. The molecule has 0 atom stereocenters. The molecule has 1 fully saturated rings. The van der Waals surface area contributed by atoms with Gasteiger partial charge < -0.3 is 5.32 Å². The van der Waals surface area contributed by atoms with Gasteiger partial charge in [0, 0.05) is 5.92 Å². The van der Waals surface area contributed by atoms with Crippen LogP contribution in [-0.4, -0.2) is 12.5 Å². The van der Waals surface area contributed by atoms with Gasteiger partial charge in [0.15, 0.2) is 0 Å². The zero-order valence-corrected chi connectivity index (χ0v) is 6.76. The SMILES string of the molecule is C#CCNC(=O)C1CC(C)C1. The molecule has 0 aromatic heterocycles. The summed E-state index contributed by atoms with van der Waals surface area (Å²) in [4.78, 5) is 11.1. The van der Waals surface area contributed by atoms with Crippen molar-refractivity contribution in [3.8, 4) is 12.3 Å². The molecule has 1 aliphatic rings. The van der Waals surface area contributed by atoms with E-state index in [1.165, 1.54) is 0 Å². The maximum atomic E-state index is 11.1. The Kier molecular flexibility index (Phi) is 2.53. The molecule has 0 radical (unpaired) electrons. The molecule has 0 heterocycles. The topological polar surface area (TPSA) is 29.1 Å². The second-order valence-electron chi connectivity index (χ2n) is 3.20. The number of nitrogens with one attached hydrogen (secondary N) is 1. The summed E-state index contributed by atoms with van der Waals surface area (Å²) in [6.45, 7) is 2.52. The molecule has 1 amide bonds. The number of carbonyl (C=O) groups excluding carboxylic acids is 1. The zero-order valence-electron chi connectivity index (χ0n) is 6.76. The molecule has 1 saturated carbocycles. The van der Waals surface area contributed by atoms with Crippen LogP contribution in [-0.2, 0) is 4.79 Å². The smallest absolute Gasteiger partial charge is 0.223 e. The van der Waals surface area contributed by atoms with Crippen molar-refractivity contribution in [1.82, 2.24) is 5.32 Å². The average molecular weight is 151 g/mol. The first-order valence-corrected chi connectivity index (χ1v) is 3.95. The minimum Gasteiger partial charge on any atom is -0.345 e. The van der Waals surface area contributed by atoms with E-state index in [0.717, 1.165) is 18.8 Å². The third-order valence-corrected chi connectivity index (χ3v) is 2.11. The number of hydrogen-bond acceptors (Lipinski definition) is 1. The van der Waals surface area contributed by atoms with Gasteiger partial charge in [0.05, 0.1) is 6.54 Å². The Hall–Kier alpha value is -0.970. The van der Waals surface area contributed by atoms with Crippen LogP contribution in [0.2, 0.25) is 0 Å². The van der Waals surface area contributed by atoms with Gasteiger partial charge in [0.25, 0.3) is 0 Å². The van der Waals surface area contributed by atoms with E-state index in [1.807, 2.05) is 0 Å². The van der Waals surface area contributed by atoms with Crippen LogP contribution >= 0.6 is 0 Å². The second kappa shape index (κ2) is 3.43. The lowest BCUT2D eigenvalue weighted by Crippen LogP contribution is -2.37. The van der Waals surface area contributed by atoms with Crippen molar-refractivity contribution in [3.05, 3.63) is 0 Å². The van der Waals surface area contributed by atoms with Crippen LogP contribution in [0, 0.1) is 24.2 Å². The molecule has 1 aliphatic carbocycles. The predicted molar refractivity (Wildman–Crippen MR) is 43.7 cm³/mol. The number of rotatable bonds is 2. The van der Waals surface area contributed by atoms with Crippen LogP contribution in [0.1, 0.15) is 19.8 Å². The van der Waals surface area contributed by atoms with Crippen LogP contribution in [0.3, 0.4) is 0 Å². The van der Waals surface area contributed by atoms with Gasteiger partial charge in [-0.3, -0.25) is 4.79 Å². The summed E-state index contributed by atoms with van der Waals surface area (Å²) < 4.78 is 0. The van der Waals surface area contributed by atoms with Gasteiger partial charge in [-0.25, -0.2) is 0 Å². The van der Waals surface area contributed by atoms with Gasteiger partial charge in [0.2, 0.25) is 5.91 Å². The molecule has 0 aromatic rings. The summed E-state index contributed by atoms with van der Waals surface area (Å²) in [6.07, 6.45) is 7.05. The van der Waals surface area contributed by atoms with Gasteiger partial charge in [-0.15, -0.1) is 6.42 Å². The third-order valence-electron chi connectivity index (χ3n) is 2.11. The number of hydrogen-bond donors (Lipinski definition) is 1. The van der Waals surface area contributed by atoms with E-state index in [4.69, 9.17) is 6.42 Å². The third kappa shape index (κ3) is 1.98. The van der Waals surface area contributed by atoms with Crippen LogP contribution in [0.15, 0.2) is 0 Å².